The maximum atomic E-state index is 12.8. The van der Waals surface area contributed by atoms with E-state index in [1.807, 2.05) is 4.90 Å². The highest BCUT2D eigenvalue weighted by molar-refractivity contribution is 5.98. The second-order valence-corrected chi connectivity index (χ2v) is 5.20. The second-order valence-electron chi connectivity index (χ2n) is 5.20. The third kappa shape index (κ3) is 3.29. The van der Waals surface area contributed by atoms with Crippen molar-refractivity contribution in [3.8, 4) is 11.5 Å². The zero-order valence-electron chi connectivity index (χ0n) is 12.7. The first-order valence-electron chi connectivity index (χ1n) is 7.35. The summed E-state index contributed by atoms with van der Waals surface area (Å²) in [4.78, 5) is 14.7. The van der Waals surface area contributed by atoms with Gasteiger partial charge in [0.25, 0.3) is 5.91 Å². The molecule has 5 heteroatoms. The number of para-hydroxylation sites is 1. The lowest BCUT2D eigenvalue weighted by molar-refractivity contribution is 0.0720. The molecule has 1 unspecified atom stereocenters. The number of rotatable bonds is 6. The van der Waals surface area contributed by atoms with Crippen molar-refractivity contribution in [2.75, 3.05) is 27.4 Å². The van der Waals surface area contributed by atoms with Crippen LogP contribution in [0.2, 0.25) is 0 Å². The van der Waals surface area contributed by atoms with Crippen LogP contribution in [0.15, 0.2) is 18.2 Å². The van der Waals surface area contributed by atoms with Crippen LogP contribution in [0.1, 0.15) is 36.0 Å². The smallest absolute Gasteiger partial charge is 0.258 e. The van der Waals surface area contributed by atoms with Gasteiger partial charge in [0.05, 0.1) is 19.8 Å². The van der Waals surface area contributed by atoms with Crippen molar-refractivity contribution in [1.29, 1.82) is 0 Å². The topological polar surface area (TPSA) is 59.0 Å². The monoisotopic (exact) mass is 293 g/mol. The minimum atomic E-state index is -0.0220. The summed E-state index contributed by atoms with van der Waals surface area (Å²) >= 11 is 0. The molecular formula is C16H23NO4. The van der Waals surface area contributed by atoms with Gasteiger partial charge in [-0.2, -0.15) is 0 Å². The molecule has 1 fully saturated rings. The Labute approximate surface area is 125 Å². The van der Waals surface area contributed by atoms with E-state index in [0.717, 1.165) is 32.2 Å². The van der Waals surface area contributed by atoms with E-state index in [0.29, 0.717) is 17.1 Å². The van der Waals surface area contributed by atoms with E-state index >= 15 is 0 Å². The van der Waals surface area contributed by atoms with Crippen LogP contribution in [0.3, 0.4) is 0 Å². The molecule has 116 valence electrons. The maximum absolute atomic E-state index is 12.8. The summed E-state index contributed by atoms with van der Waals surface area (Å²) in [7, 11) is 3.11. The number of benzene rings is 1. The van der Waals surface area contributed by atoms with Crippen LogP contribution in [0, 0.1) is 0 Å². The Morgan fingerprint density at radius 3 is 2.86 bits per heavy atom. The molecule has 0 aliphatic carbocycles. The van der Waals surface area contributed by atoms with Gasteiger partial charge in [-0.05, 0) is 37.8 Å². The van der Waals surface area contributed by atoms with Crippen molar-refractivity contribution < 1.29 is 19.4 Å². The van der Waals surface area contributed by atoms with Crippen molar-refractivity contribution in [3.05, 3.63) is 23.8 Å². The summed E-state index contributed by atoms with van der Waals surface area (Å²) in [6, 6.07) is 5.56. The first-order valence-corrected chi connectivity index (χ1v) is 7.35. The van der Waals surface area contributed by atoms with Gasteiger partial charge in [-0.15, -0.1) is 0 Å². The minimum Gasteiger partial charge on any atom is -0.493 e. The number of carbonyl (C=O) groups excluding carboxylic acids is 1. The molecule has 0 bridgehead atoms. The van der Waals surface area contributed by atoms with Crippen molar-refractivity contribution in [1.82, 2.24) is 4.90 Å². The first-order chi connectivity index (χ1) is 10.2. The normalized spacial score (nSPS) is 17.9. The molecule has 1 aliphatic heterocycles. The van der Waals surface area contributed by atoms with Crippen molar-refractivity contribution in [2.45, 2.75) is 31.7 Å². The molecule has 2 rings (SSSR count). The molecule has 1 amide bonds. The molecule has 21 heavy (non-hydrogen) atoms. The molecule has 1 heterocycles. The van der Waals surface area contributed by atoms with E-state index in [9.17, 15) is 4.79 Å². The van der Waals surface area contributed by atoms with Crippen LogP contribution >= 0.6 is 0 Å². The van der Waals surface area contributed by atoms with Crippen molar-refractivity contribution >= 4 is 5.91 Å². The van der Waals surface area contributed by atoms with Gasteiger partial charge in [0.2, 0.25) is 0 Å². The Hall–Kier alpha value is -1.75. The largest absolute Gasteiger partial charge is 0.493 e. The fourth-order valence-corrected chi connectivity index (χ4v) is 2.94. The van der Waals surface area contributed by atoms with Gasteiger partial charge in [-0.25, -0.2) is 0 Å². The van der Waals surface area contributed by atoms with Crippen molar-refractivity contribution in [3.63, 3.8) is 0 Å². The number of aliphatic hydroxyl groups excluding tert-OH is 1. The average Bonchev–Trinajstić information content (AvgIpc) is 2.99. The predicted molar refractivity (Wildman–Crippen MR) is 79.9 cm³/mol. The predicted octanol–water partition coefficient (Wildman–Crippen LogP) is 2.08. The molecule has 0 saturated carbocycles. The summed E-state index contributed by atoms with van der Waals surface area (Å²) in [6.45, 7) is 0.927. The lowest BCUT2D eigenvalue weighted by atomic mass is 10.1. The number of methoxy groups -OCH3 is 2. The zero-order valence-corrected chi connectivity index (χ0v) is 12.7. The van der Waals surface area contributed by atoms with E-state index < -0.39 is 0 Å². The first kappa shape index (κ1) is 15.6. The number of aliphatic hydroxyl groups is 1. The molecule has 1 N–H and O–H groups in total. The fraction of sp³-hybridized carbons (Fsp3) is 0.562. The quantitative estimate of drug-likeness (QED) is 0.872. The molecule has 1 saturated heterocycles. The number of likely N-dealkylation sites (tertiary alicyclic amines) is 1. The number of nitrogens with zero attached hydrogens (tertiary/aromatic N) is 1. The Balaban J connectivity index is 2.23. The fourth-order valence-electron chi connectivity index (χ4n) is 2.94. The number of hydrogen-bond acceptors (Lipinski definition) is 4. The minimum absolute atomic E-state index is 0.0220. The number of carbonyl (C=O) groups is 1. The van der Waals surface area contributed by atoms with Crippen molar-refractivity contribution in [2.24, 2.45) is 0 Å². The summed E-state index contributed by atoms with van der Waals surface area (Å²) in [5.41, 5.74) is 0.535. The highest BCUT2D eigenvalue weighted by Gasteiger charge is 2.31. The Kier molecular flexibility index (Phi) is 5.44. The summed E-state index contributed by atoms with van der Waals surface area (Å²) < 4.78 is 10.6. The summed E-state index contributed by atoms with van der Waals surface area (Å²) in [5.74, 6) is 1.03. The van der Waals surface area contributed by atoms with Gasteiger partial charge in [-0.1, -0.05) is 6.07 Å². The van der Waals surface area contributed by atoms with Gasteiger partial charge in [0.1, 0.15) is 0 Å². The van der Waals surface area contributed by atoms with E-state index in [4.69, 9.17) is 14.6 Å². The van der Waals surface area contributed by atoms with Gasteiger partial charge in [0.15, 0.2) is 11.5 Å². The number of hydrogen-bond donors (Lipinski definition) is 1. The average molecular weight is 293 g/mol. The number of amides is 1. The summed E-state index contributed by atoms with van der Waals surface area (Å²) in [6.07, 6.45) is 3.57. The third-order valence-electron chi connectivity index (χ3n) is 3.97. The molecule has 0 aromatic heterocycles. The Morgan fingerprint density at radius 1 is 1.38 bits per heavy atom. The molecule has 1 aliphatic rings. The second kappa shape index (κ2) is 7.31. The Morgan fingerprint density at radius 2 is 2.19 bits per heavy atom. The molecule has 5 nitrogen and oxygen atoms in total. The lowest BCUT2D eigenvalue weighted by Gasteiger charge is -2.25. The van der Waals surface area contributed by atoms with E-state index in [1.54, 1.807) is 32.4 Å². The van der Waals surface area contributed by atoms with Crippen LogP contribution in [-0.4, -0.2) is 49.3 Å². The van der Waals surface area contributed by atoms with Crippen LogP contribution in [0.5, 0.6) is 11.5 Å². The highest BCUT2D eigenvalue weighted by atomic mass is 16.5. The maximum Gasteiger partial charge on any atom is 0.258 e. The third-order valence-corrected chi connectivity index (χ3v) is 3.97. The molecule has 1 atom stereocenters. The Bertz CT molecular complexity index is 489. The molecule has 1 aromatic carbocycles. The van der Waals surface area contributed by atoms with Gasteiger partial charge in [-0.3, -0.25) is 4.79 Å². The van der Waals surface area contributed by atoms with Crippen LogP contribution in [-0.2, 0) is 0 Å². The van der Waals surface area contributed by atoms with E-state index in [-0.39, 0.29) is 18.6 Å². The SMILES string of the molecule is COc1cccc(C(=O)N2CCCC2CCCO)c1OC. The van der Waals surface area contributed by atoms with Crippen LogP contribution in [0.25, 0.3) is 0 Å². The standard InChI is InChI=1S/C16H23NO4/c1-20-14-9-3-8-13(15(14)21-2)16(19)17-10-4-6-12(17)7-5-11-18/h3,8-9,12,18H,4-7,10-11H2,1-2H3. The van der Waals surface area contributed by atoms with Crippen LogP contribution < -0.4 is 9.47 Å². The van der Waals surface area contributed by atoms with Crippen LogP contribution in [0.4, 0.5) is 0 Å². The van der Waals surface area contributed by atoms with Gasteiger partial charge < -0.3 is 19.5 Å². The molecular weight excluding hydrogens is 270 g/mol. The molecule has 0 spiro atoms. The highest BCUT2D eigenvalue weighted by Crippen LogP contribution is 2.33. The molecule has 1 aromatic rings. The van der Waals surface area contributed by atoms with E-state index in [2.05, 4.69) is 0 Å². The number of ether oxygens (including phenoxy) is 2. The van der Waals surface area contributed by atoms with Gasteiger partial charge in [0, 0.05) is 19.2 Å². The van der Waals surface area contributed by atoms with Gasteiger partial charge >= 0.3 is 0 Å². The molecule has 0 radical (unpaired) electrons. The lowest BCUT2D eigenvalue weighted by Crippen LogP contribution is -2.35. The van der Waals surface area contributed by atoms with E-state index in [1.165, 1.54) is 0 Å². The zero-order chi connectivity index (χ0) is 15.2. The summed E-state index contributed by atoms with van der Waals surface area (Å²) in [5, 5.41) is 8.98.